The van der Waals surface area contributed by atoms with Gasteiger partial charge < -0.3 is 9.64 Å². The Bertz CT molecular complexity index is 754. The quantitative estimate of drug-likeness (QED) is 0.661. The highest BCUT2D eigenvalue weighted by Crippen LogP contribution is 2.24. The summed E-state index contributed by atoms with van der Waals surface area (Å²) in [5, 5.41) is 4.37. The fourth-order valence-electron chi connectivity index (χ4n) is 3.46. The molecular formula is C18H32N4O4S. The molecule has 1 aromatic rings. The number of ether oxygens (including phenoxy) is 1. The zero-order chi connectivity index (χ0) is 20.2. The van der Waals surface area contributed by atoms with E-state index in [1.165, 1.54) is 8.99 Å². The summed E-state index contributed by atoms with van der Waals surface area (Å²) in [6.45, 7) is 11.9. The zero-order valence-electron chi connectivity index (χ0n) is 17.1. The Balaban J connectivity index is 2.26. The van der Waals surface area contributed by atoms with E-state index >= 15 is 0 Å². The molecule has 1 aliphatic heterocycles. The molecular weight excluding hydrogens is 368 g/mol. The maximum atomic E-state index is 13.2. The molecule has 2 rings (SSSR count). The van der Waals surface area contributed by atoms with Crippen molar-refractivity contribution in [1.29, 1.82) is 0 Å². The first-order valence-corrected chi connectivity index (χ1v) is 11.1. The summed E-state index contributed by atoms with van der Waals surface area (Å²) in [7, 11) is -3.63. The van der Waals surface area contributed by atoms with E-state index in [1.54, 1.807) is 18.7 Å². The molecule has 1 unspecified atom stereocenters. The monoisotopic (exact) mass is 400 g/mol. The van der Waals surface area contributed by atoms with Crippen LogP contribution in [0.3, 0.4) is 0 Å². The van der Waals surface area contributed by atoms with Crippen LogP contribution in [0.25, 0.3) is 0 Å². The highest BCUT2D eigenvalue weighted by Gasteiger charge is 2.31. The first kappa shape index (κ1) is 21.8. The van der Waals surface area contributed by atoms with Crippen LogP contribution < -0.4 is 0 Å². The molecule has 0 spiro atoms. The second-order valence-electron chi connectivity index (χ2n) is 7.08. The third kappa shape index (κ3) is 4.89. The van der Waals surface area contributed by atoms with Crippen LogP contribution in [-0.2, 0) is 26.1 Å². The van der Waals surface area contributed by atoms with Gasteiger partial charge in [-0.1, -0.05) is 13.8 Å². The molecule has 2 heterocycles. The lowest BCUT2D eigenvalue weighted by atomic mass is 10.3. The van der Waals surface area contributed by atoms with Crippen LogP contribution in [-0.4, -0.2) is 72.2 Å². The van der Waals surface area contributed by atoms with E-state index < -0.39 is 10.0 Å². The zero-order valence-corrected chi connectivity index (χ0v) is 17.9. The number of sulfonamides is 1. The maximum absolute atomic E-state index is 13.2. The first-order chi connectivity index (χ1) is 12.7. The van der Waals surface area contributed by atoms with Crippen molar-refractivity contribution < 1.29 is 17.9 Å². The maximum Gasteiger partial charge on any atom is 0.246 e. The summed E-state index contributed by atoms with van der Waals surface area (Å²) in [4.78, 5) is 14.6. The third-order valence-electron chi connectivity index (χ3n) is 4.74. The second kappa shape index (κ2) is 9.16. The summed E-state index contributed by atoms with van der Waals surface area (Å²) in [5.74, 6) is -0.0707. The highest BCUT2D eigenvalue weighted by atomic mass is 32.2. The van der Waals surface area contributed by atoms with E-state index in [0.717, 1.165) is 12.8 Å². The number of nitrogens with zero attached hydrogens (tertiary/aromatic N) is 4. The van der Waals surface area contributed by atoms with E-state index in [0.29, 0.717) is 44.2 Å². The molecule has 27 heavy (non-hydrogen) atoms. The summed E-state index contributed by atoms with van der Waals surface area (Å²) in [6.07, 6.45) is 1.51. The summed E-state index contributed by atoms with van der Waals surface area (Å²) in [6, 6.07) is 0. The van der Waals surface area contributed by atoms with Crippen LogP contribution >= 0.6 is 0 Å². The average Bonchev–Trinajstić information content (AvgIpc) is 2.88. The van der Waals surface area contributed by atoms with Gasteiger partial charge in [-0.3, -0.25) is 9.48 Å². The molecule has 1 fully saturated rings. The minimum atomic E-state index is -3.63. The topological polar surface area (TPSA) is 84.7 Å². The number of carbonyl (C=O) groups is 1. The molecule has 1 saturated heterocycles. The van der Waals surface area contributed by atoms with Gasteiger partial charge in [0.15, 0.2) is 0 Å². The van der Waals surface area contributed by atoms with E-state index in [9.17, 15) is 13.2 Å². The van der Waals surface area contributed by atoms with Gasteiger partial charge in [-0.15, -0.1) is 0 Å². The molecule has 0 saturated carbocycles. The van der Waals surface area contributed by atoms with Gasteiger partial charge in [0.05, 0.1) is 24.1 Å². The van der Waals surface area contributed by atoms with E-state index in [2.05, 4.69) is 5.10 Å². The van der Waals surface area contributed by atoms with Gasteiger partial charge in [0, 0.05) is 26.2 Å². The Labute approximate surface area is 162 Å². The SMILES string of the molecule is CCCN(CCC)S(=O)(=O)c1c(C)nn(CC(=O)N2CCOC(C)C2)c1C. The van der Waals surface area contributed by atoms with Crippen molar-refractivity contribution in [2.45, 2.75) is 65.0 Å². The average molecular weight is 401 g/mol. The van der Waals surface area contributed by atoms with Gasteiger partial charge in [-0.05, 0) is 33.6 Å². The number of hydrogen-bond donors (Lipinski definition) is 0. The molecule has 1 atom stereocenters. The van der Waals surface area contributed by atoms with Crippen LogP contribution in [0.2, 0.25) is 0 Å². The Kier molecular flexibility index (Phi) is 7.41. The molecule has 0 aliphatic carbocycles. The largest absolute Gasteiger partial charge is 0.375 e. The van der Waals surface area contributed by atoms with E-state index in [-0.39, 0.29) is 23.5 Å². The van der Waals surface area contributed by atoms with E-state index in [1.807, 2.05) is 20.8 Å². The molecule has 9 heteroatoms. The number of carbonyl (C=O) groups excluding carboxylic acids is 1. The summed E-state index contributed by atoms with van der Waals surface area (Å²) >= 11 is 0. The number of aryl methyl sites for hydroxylation is 1. The Morgan fingerprint density at radius 3 is 2.44 bits per heavy atom. The first-order valence-electron chi connectivity index (χ1n) is 9.65. The number of amides is 1. The predicted octanol–water partition coefficient (Wildman–Crippen LogP) is 1.56. The normalized spacial score (nSPS) is 18.3. The molecule has 8 nitrogen and oxygen atoms in total. The number of morpholine rings is 1. The molecule has 0 bridgehead atoms. The van der Waals surface area contributed by atoms with Gasteiger partial charge in [0.2, 0.25) is 15.9 Å². The molecule has 1 aromatic heterocycles. The number of rotatable bonds is 8. The minimum absolute atomic E-state index is 0.00994. The van der Waals surface area contributed by atoms with Gasteiger partial charge in [0.25, 0.3) is 0 Å². The Morgan fingerprint density at radius 1 is 1.26 bits per heavy atom. The van der Waals surface area contributed by atoms with Gasteiger partial charge in [-0.25, -0.2) is 8.42 Å². The Morgan fingerprint density at radius 2 is 1.89 bits per heavy atom. The van der Waals surface area contributed by atoms with Crippen molar-refractivity contribution in [1.82, 2.24) is 19.0 Å². The van der Waals surface area contributed by atoms with Crippen molar-refractivity contribution in [2.75, 3.05) is 32.8 Å². The molecule has 154 valence electrons. The Hall–Kier alpha value is -1.45. The third-order valence-corrected chi connectivity index (χ3v) is 6.89. The second-order valence-corrected chi connectivity index (χ2v) is 8.96. The van der Waals surface area contributed by atoms with Crippen LogP contribution in [0.5, 0.6) is 0 Å². The number of hydrogen-bond acceptors (Lipinski definition) is 5. The van der Waals surface area contributed by atoms with E-state index in [4.69, 9.17) is 4.74 Å². The van der Waals surface area contributed by atoms with Crippen LogP contribution in [0.4, 0.5) is 0 Å². The fourth-order valence-corrected chi connectivity index (χ4v) is 5.46. The van der Waals surface area contributed by atoms with Crippen molar-refractivity contribution in [3.05, 3.63) is 11.4 Å². The fraction of sp³-hybridized carbons (Fsp3) is 0.778. The molecule has 0 radical (unpaired) electrons. The molecule has 1 amide bonds. The van der Waals surface area contributed by atoms with Crippen LogP contribution in [0.15, 0.2) is 4.90 Å². The summed E-state index contributed by atoms with van der Waals surface area (Å²) in [5.41, 5.74) is 0.951. The lowest BCUT2D eigenvalue weighted by Crippen LogP contribution is -2.45. The number of aromatic nitrogens is 2. The predicted molar refractivity (Wildman–Crippen MR) is 103 cm³/mol. The van der Waals surface area contributed by atoms with Gasteiger partial charge >= 0.3 is 0 Å². The molecule has 1 aliphatic rings. The van der Waals surface area contributed by atoms with Crippen molar-refractivity contribution >= 4 is 15.9 Å². The van der Waals surface area contributed by atoms with Crippen LogP contribution in [0.1, 0.15) is 45.0 Å². The summed E-state index contributed by atoms with van der Waals surface area (Å²) < 4.78 is 34.8. The molecule has 0 N–H and O–H groups in total. The standard InChI is InChI=1S/C18H32N4O4S/c1-6-8-21(9-7-2)27(24,25)18-15(4)19-22(16(18)5)13-17(23)20-10-11-26-14(3)12-20/h14H,6-13H2,1-5H3. The molecule has 0 aromatic carbocycles. The lowest BCUT2D eigenvalue weighted by Gasteiger charge is -2.31. The van der Waals surface area contributed by atoms with Crippen molar-refractivity contribution in [3.63, 3.8) is 0 Å². The lowest BCUT2D eigenvalue weighted by molar-refractivity contribution is -0.139. The minimum Gasteiger partial charge on any atom is -0.375 e. The smallest absolute Gasteiger partial charge is 0.246 e. The van der Waals surface area contributed by atoms with Crippen molar-refractivity contribution in [3.8, 4) is 0 Å². The highest BCUT2D eigenvalue weighted by molar-refractivity contribution is 7.89. The van der Waals surface area contributed by atoms with Crippen molar-refractivity contribution in [2.24, 2.45) is 0 Å². The van der Waals surface area contributed by atoms with Gasteiger partial charge in [0.1, 0.15) is 11.4 Å². The van der Waals surface area contributed by atoms with Gasteiger partial charge in [-0.2, -0.15) is 9.40 Å². The van der Waals surface area contributed by atoms with Crippen LogP contribution in [0, 0.1) is 13.8 Å².